The average molecular weight is 228 g/mol. The van der Waals surface area contributed by atoms with Gasteiger partial charge in [-0.25, -0.2) is 4.79 Å². The van der Waals surface area contributed by atoms with Crippen LogP contribution in [0.4, 0.5) is 0 Å². The van der Waals surface area contributed by atoms with Gasteiger partial charge in [0.1, 0.15) is 5.75 Å². The van der Waals surface area contributed by atoms with E-state index in [4.69, 9.17) is 14.9 Å². The van der Waals surface area contributed by atoms with E-state index in [1.54, 1.807) is 18.2 Å². The van der Waals surface area contributed by atoms with Gasteiger partial charge >= 0.3 is 5.97 Å². The third-order valence-electron chi connectivity index (χ3n) is 1.80. The molecule has 0 amide bonds. The number of thiol groups is 1. The maximum absolute atomic E-state index is 10.3. The van der Waals surface area contributed by atoms with E-state index < -0.39 is 12.1 Å². The number of benzene rings is 1. The van der Waals surface area contributed by atoms with Crippen LogP contribution in [0, 0.1) is 0 Å². The minimum Gasteiger partial charge on any atom is -0.492 e. The van der Waals surface area contributed by atoms with Gasteiger partial charge in [-0.2, -0.15) is 0 Å². The maximum Gasteiger partial charge on any atom is 0.332 e. The van der Waals surface area contributed by atoms with Gasteiger partial charge in [0, 0.05) is 11.3 Å². The van der Waals surface area contributed by atoms with Crippen molar-refractivity contribution >= 4 is 18.6 Å². The zero-order valence-electron chi connectivity index (χ0n) is 7.96. The summed E-state index contributed by atoms with van der Waals surface area (Å²) in [6.07, 6.45) is -1.32. The zero-order valence-corrected chi connectivity index (χ0v) is 8.85. The van der Waals surface area contributed by atoms with Crippen LogP contribution in [0.5, 0.6) is 5.75 Å². The van der Waals surface area contributed by atoms with Crippen molar-refractivity contribution in [2.45, 2.75) is 17.4 Å². The summed E-state index contributed by atoms with van der Waals surface area (Å²) in [5.41, 5.74) is 0. The number of aliphatic carboxylic acids is 1. The number of ether oxygens (including phenoxy) is 1. The topological polar surface area (TPSA) is 66.8 Å². The molecule has 0 aromatic heterocycles. The second-order valence-electron chi connectivity index (χ2n) is 2.96. The van der Waals surface area contributed by atoms with Crippen LogP contribution in [-0.4, -0.2) is 28.9 Å². The van der Waals surface area contributed by atoms with Gasteiger partial charge in [0.2, 0.25) is 0 Å². The summed E-state index contributed by atoms with van der Waals surface area (Å²) in [4.78, 5) is 11.0. The number of aliphatic hydroxyl groups excluding tert-OH is 1. The Balaban J connectivity index is 2.38. The Hall–Kier alpha value is -1.20. The summed E-state index contributed by atoms with van der Waals surface area (Å²) in [5, 5.41) is 17.4. The summed E-state index contributed by atoms with van der Waals surface area (Å²) in [6, 6.07) is 7.12. The summed E-state index contributed by atoms with van der Waals surface area (Å²) in [7, 11) is 0. The molecule has 4 nitrogen and oxygen atoms in total. The number of carboxylic acids is 1. The molecule has 0 radical (unpaired) electrons. The van der Waals surface area contributed by atoms with Crippen molar-refractivity contribution in [1.29, 1.82) is 0 Å². The van der Waals surface area contributed by atoms with Gasteiger partial charge in [-0.1, -0.05) is 12.1 Å². The standard InChI is InChI=1S/C10H12O4S/c11-7(10(12)13)5-6-14-8-3-1-2-4-9(8)15/h1-4,7,11,15H,5-6H2,(H,12,13). The van der Waals surface area contributed by atoms with E-state index >= 15 is 0 Å². The van der Waals surface area contributed by atoms with E-state index in [9.17, 15) is 4.79 Å². The van der Waals surface area contributed by atoms with Crippen molar-refractivity contribution in [1.82, 2.24) is 0 Å². The molecule has 0 spiro atoms. The number of carboxylic acid groups (broad SMARTS) is 1. The second-order valence-corrected chi connectivity index (χ2v) is 3.44. The first kappa shape index (κ1) is 11.9. The van der Waals surface area contributed by atoms with E-state index in [0.717, 1.165) is 0 Å². The Morgan fingerprint density at radius 1 is 1.47 bits per heavy atom. The minimum absolute atomic E-state index is 0.0530. The molecule has 15 heavy (non-hydrogen) atoms. The van der Waals surface area contributed by atoms with Gasteiger partial charge in [-0.3, -0.25) is 0 Å². The third-order valence-corrected chi connectivity index (χ3v) is 2.17. The Morgan fingerprint density at radius 3 is 2.73 bits per heavy atom. The van der Waals surface area contributed by atoms with Crippen molar-refractivity contribution in [2.75, 3.05) is 6.61 Å². The molecule has 2 N–H and O–H groups in total. The number of para-hydroxylation sites is 1. The van der Waals surface area contributed by atoms with Gasteiger partial charge < -0.3 is 14.9 Å². The van der Waals surface area contributed by atoms with Crippen molar-refractivity contribution in [3.8, 4) is 5.75 Å². The van der Waals surface area contributed by atoms with Crippen molar-refractivity contribution < 1.29 is 19.7 Å². The second kappa shape index (κ2) is 5.63. The monoisotopic (exact) mass is 228 g/mol. The molecular formula is C10H12O4S. The lowest BCUT2D eigenvalue weighted by atomic mass is 10.3. The van der Waals surface area contributed by atoms with Gasteiger partial charge in [0.15, 0.2) is 6.10 Å². The highest BCUT2D eigenvalue weighted by Gasteiger charge is 2.12. The van der Waals surface area contributed by atoms with E-state index in [2.05, 4.69) is 12.6 Å². The molecule has 5 heteroatoms. The summed E-state index contributed by atoms with van der Waals surface area (Å²) < 4.78 is 5.26. The molecule has 1 atom stereocenters. The fourth-order valence-electron chi connectivity index (χ4n) is 0.983. The van der Waals surface area contributed by atoms with Crippen LogP contribution >= 0.6 is 12.6 Å². The van der Waals surface area contributed by atoms with Crippen molar-refractivity contribution in [2.24, 2.45) is 0 Å². The Morgan fingerprint density at radius 2 is 2.13 bits per heavy atom. The predicted molar refractivity (Wildman–Crippen MR) is 57.4 cm³/mol. The molecule has 1 aromatic rings. The molecule has 0 saturated heterocycles. The third kappa shape index (κ3) is 3.81. The largest absolute Gasteiger partial charge is 0.492 e. The normalized spacial score (nSPS) is 12.1. The lowest BCUT2D eigenvalue weighted by Crippen LogP contribution is -2.21. The molecule has 0 aliphatic heterocycles. The van der Waals surface area contributed by atoms with Gasteiger partial charge in [-0.15, -0.1) is 12.6 Å². The average Bonchev–Trinajstić information content (AvgIpc) is 2.20. The zero-order chi connectivity index (χ0) is 11.3. The molecule has 0 saturated carbocycles. The molecule has 0 aliphatic rings. The molecule has 1 unspecified atom stereocenters. The lowest BCUT2D eigenvalue weighted by molar-refractivity contribution is -0.147. The van der Waals surface area contributed by atoms with E-state index in [-0.39, 0.29) is 13.0 Å². The number of carbonyl (C=O) groups is 1. The van der Waals surface area contributed by atoms with Crippen LogP contribution in [0.1, 0.15) is 6.42 Å². The highest BCUT2D eigenvalue weighted by atomic mass is 32.1. The van der Waals surface area contributed by atoms with Crippen molar-refractivity contribution in [3.05, 3.63) is 24.3 Å². The van der Waals surface area contributed by atoms with Gasteiger partial charge in [0.05, 0.1) is 6.61 Å². The summed E-state index contributed by atoms with van der Waals surface area (Å²) in [6.45, 7) is 0.144. The van der Waals surface area contributed by atoms with Crippen molar-refractivity contribution in [3.63, 3.8) is 0 Å². The smallest absolute Gasteiger partial charge is 0.332 e. The molecule has 0 bridgehead atoms. The van der Waals surface area contributed by atoms with Crippen LogP contribution in [-0.2, 0) is 4.79 Å². The maximum atomic E-state index is 10.3. The first-order valence-corrected chi connectivity index (χ1v) is 4.87. The van der Waals surface area contributed by atoms with Gasteiger partial charge in [0.25, 0.3) is 0 Å². The molecule has 0 fully saturated rings. The highest BCUT2D eigenvalue weighted by Crippen LogP contribution is 2.21. The first-order valence-electron chi connectivity index (χ1n) is 4.43. The fraction of sp³-hybridized carbons (Fsp3) is 0.300. The van der Waals surface area contributed by atoms with E-state index in [0.29, 0.717) is 10.6 Å². The quantitative estimate of drug-likeness (QED) is 0.662. The van der Waals surface area contributed by atoms with Gasteiger partial charge in [-0.05, 0) is 12.1 Å². The Kier molecular flexibility index (Phi) is 4.45. The number of hydrogen-bond donors (Lipinski definition) is 3. The molecule has 82 valence electrons. The number of aliphatic hydroxyl groups is 1. The SMILES string of the molecule is O=C(O)C(O)CCOc1ccccc1S. The number of hydrogen-bond acceptors (Lipinski definition) is 4. The summed E-state index contributed by atoms with van der Waals surface area (Å²) in [5.74, 6) is -0.656. The Bertz CT molecular complexity index is 340. The van der Waals surface area contributed by atoms with E-state index in [1.165, 1.54) is 0 Å². The number of rotatable bonds is 5. The highest BCUT2D eigenvalue weighted by molar-refractivity contribution is 7.80. The molecular weight excluding hydrogens is 216 g/mol. The predicted octanol–water partition coefficient (Wildman–Crippen LogP) is 1.19. The van der Waals surface area contributed by atoms with Crippen LogP contribution in [0.25, 0.3) is 0 Å². The van der Waals surface area contributed by atoms with Crippen LogP contribution < -0.4 is 4.74 Å². The van der Waals surface area contributed by atoms with Crippen LogP contribution in [0.2, 0.25) is 0 Å². The molecule has 0 aliphatic carbocycles. The van der Waals surface area contributed by atoms with E-state index in [1.807, 2.05) is 6.07 Å². The molecule has 0 heterocycles. The van der Waals surface area contributed by atoms with Crippen LogP contribution in [0.15, 0.2) is 29.2 Å². The minimum atomic E-state index is -1.38. The first-order chi connectivity index (χ1) is 7.11. The Labute approximate surface area is 92.9 Å². The van der Waals surface area contributed by atoms with Crippen LogP contribution in [0.3, 0.4) is 0 Å². The summed E-state index contributed by atoms with van der Waals surface area (Å²) >= 11 is 4.16. The molecule has 1 rings (SSSR count). The molecule has 1 aromatic carbocycles. The fourth-order valence-corrected chi connectivity index (χ4v) is 1.21. The lowest BCUT2D eigenvalue weighted by Gasteiger charge is -2.09.